The highest BCUT2D eigenvalue weighted by molar-refractivity contribution is 5.09. The van der Waals surface area contributed by atoms with E-state index in [2.05, 4.69) is 16.9 Å². The molecule has 14 heavy (non-hydrogen) atoms. The van der Waals surface area contributed by atoms with Gasteiger partial charge >= 0.3 is 0 Å². The first kappa shape index (κ1) is 11.1. The van der Waals surface area contributed by atoms with Crippen LogP contribution in [-0.2, 0) is 17.6 Å². The molecule has 1 heterocycles. The van der Waals surface area contributed by atoms with Gasteiger partial charge in [-0.25, -0.2) is 9.97 Å². The first-order chi connectivity index (χ1) is 6.76. The zero-order valence-electron chi connectivity index (χ0n) is 8.73. The lowest BCUT2D eigenvalue weighted by Crippen LogP contribution is -2.28. The minimum Gasteiger partial charge on any atom is -0.383 e. The molecule has 0 aliphatic rings. The number of aromatic nitrogens is 2. The van der Waals surface area contributed by atoms with Gasteiger partial charge in [0.1, 0.15) is 6.33 Å². The van der Waals surface area contributed by atoms with Gasteiger partial charge in [-0.1, -0.05) is 6.92 Å². The molecule has 1 rings (SSSR count). The van der Waals surface area contributed by atoms with Crippen LogP contribution in [0.1, 0.15) is 18.3 Å². The normalized spacial score (nSPS) is 12.8. The second kappa shape index (κ2) is 5.67. The van der Waals surface area contributed by atoms with Crippen molar-refractivity contribution in [2.45, 2.75) is 25.8 Å². The highest BCUT2D eigenvalue weighted by atomic mass is 16.5. The summed E-state index contributed by atoms with van der Waals surface area (Å²) in [4.78, 5) is 8.29. The number of nitrogens with zero attached hydrogens (tertiary/aromatic N) is 2. The molecule has 0 aromatic carbocycles. The van der Waals surface area contributed by atoms with Crippen molar-refractivity contribution >= 4 is 0 Å². The van der Waals surface area contributed by atoms with E-state index >= 15 is 0 Å². The van der Waals surface area contributed by atoms with Crippen LogP contribution in [0.4, 0.5) is 0 Å². The van der Waals surface area contributed by atoms with Crippen molar-refractivity contribution in [2.24, 2.45) is 5.73 Å². The second-order valence-corrected chi connectivity index (χ2v) is 3.27. The Morgan fingerprint density at radius 1 is 1.43 bits per heavy atom. The Labute approximate surface area is 84.5 Å². The Hall–Kier alpha value is -1.00. The van der Waals surface area contributed by atoms with Gasteiger partial charge in [-0.3, -0.25) is 0 Å². The first-order valence-corrected chi connectivity index (χ1v) is 4.80. The highest BCUT2D eigenvalue weighted by Gasteiger charge is 2.05. The molecule has 4 nitrogen and oxygen atoms in total. The first-order valence-electron chi connectivity index (χ1n) is 4.80. The van der Waals surface area contributed by atoms with E-state index in [4.69, 9.17) is 10.5 Å². The lowest BCUT2D eigenvalue weighted by Gasteiger charge is -2.09. The van der Waals surface area contributed by atoms with Crippen LogP contribution in [0.5, 0.6) is 0 Å². The van der Waals surface area contributed by atoms with Gasteiger partial charge in [0, 0.05) is 31.0 Å². The Kier molecular flexibility index (Phi) is 4.49. The number of hydrogen-bond donors (Lipinski definition) is 1. The highest BCUT2D eigenvalue weighted by Crippen LogP contribution is 2.01. The molecule has 0 bridgehead atoms. The van der Waals surface area contributed by atoms with Crippen molar-refractivity contribution in [1.82, 2.24) is 9.97 Å². The van der Waals surface area contributed by atoms with Crippen molar-refractivity contribution in [3.63, 3.8) is 0 Å². The van der Waals surface area contributed by atoms with Crippen LogP contribution in [0.2, 0.25) is 0 Å². The molecule has 1 atom stereocenters. The molecule has 2 N–H and O–H groups in total. The summed E-state index contributed by atoms with van der Waals surface area (Å²) in [6, 6.07) is 2.01. The zero-order chi connectivity index (χ0) is 10.4. The van der Waals surface area contributed by atoms with Gasteiger partial charge in [0.05, 0.1) is 6.61 Å². The Morgan fingerprint density at radius 2 is 2.14 bits per heavy atom. The van der Waals surface area contributed by atoms with Crippen molar-refractivity contribution in [3.05, 3.63) is 23.8 Å². The molecular weight excluding hydrogens is 178 g/mol. The summed E-state index contributed by atoms with van der Waals surface area (Å²) >= 11 is 0. The summed E-state index contributed by atoms with van der Waals surface area (Å²) in [5.74, 6) is 0. The van der Waals surface area contributed by atoms with Gasteiger partial charge in [-0.05, 0) is 12.5 Å². The molecule has 1 aromatic rings. The molecule has 4 heteroatoms. The molecule has 1 aromatic heterocycles. The molecule has 0 aliphatic carbocycles. The standard InChI is InChI=1S/C10H17N3O/c1-3-9-5-10(13-7-12-9)4-8(11)6-14-2/h5,7-8H,3-4,6,11H2,1-2H3. The summed E-state index contributed by atoms with van der Waals surface area (Å²) in [6.45, 7) is 2.63. The number of ether oxygens (including phenoxy) is 1. The van der Waals surface area contributed by atoms with Crippen LogP contribution in [0.3, 0.4) is 0 Å². The molecule has 0 fully saturated rings. The molecule has 0 spiro atoms. The summed E-state index contributed by atoms with van der Waals surface area (Å²) in [7, 11) is 1.65. The van der Waals surface area contributed by atoms with E-state index < -0.39 is 0 Å². The average molecular weight is 195 g/mol. The van der Waals surface area contributed by atoms with Gasteiger partial charge in [0.25, 0.3) is 0 Å². The van der Waals surface area contributed by atoms with Crippen molar-refractivity contribution in [3.8, 4) is 0 Å². The molecule has 78 valence electrons. The number of methoxy groups -OCH3 is 1. The van der Waals surface area contributed by atoms with Crippen molar-refractivity contribution < 1.29 is 4.74 Å². The van der Waals surface area contributed by atoms with Gasteiger partial charge in [-0.2, -0.15) is 0 Å². The summed E-state index contributed by atoms with van der Waals surface area (Å²) < 4.78 is 4.96. The summed E-state index contributed by atoms with van der Waals surface area (Å²) in [5, 5.41) is 0. The zero-order valence-corrected chi connectivity index (χ0v) is 8.73. The molecular formula is C10H17N3O. The monoisotopic (exact) mass is 195 g/mol. The van der Waals surface area contributed by atoms with Crippen LogP contribution >= 0.6 is 0 Å². The third-order valence-electron chi connectivity index (χ3n) is 1.99. The predicted octanol–water partition coefficient (Wildman–Crippen LogP) is 0.555. The van der Waals surface area contributed by atoms with E-state index in [1.807, 2.05) is 6.07 Å². The molecule has 0 aliphatic heterocycles. The van der Waals surface area contributed by atoms with E-state index in [0.29, 0.717) is 6.61 Å². The van der Waals surface area contributed by atoms with E-state index in [9.17, 15) is 0 Å². The minimum absolute atomic E-state index is 0.0135. The fourth-order valence-electron chi connectivity index (χ4n) is 1.29. The third kappa shape index (κ3) is 3.40. The summed E-state index contributed by atoms with van der Waals surface area (Å²) in [6.07, 6.45) is 3.26. The second-order valence-electron chi connectivity index (χ2n) is 3.27. The molecule has 0 saturated heterocycles. The average Bonchev–Trinajstić information content (AvgIpc) is 2.18. The Morgan fingerprint density at radius 3 is 2.79 bits per heavy atom. The lowest BCUT2D eigenvalue weighted by molar-refractivity contribution is 0.179. The number of nitrogens with two attached hydrogens (primary N) is 1. The maximum atomic E-state index is 5.82. The van der Waals surface area contributed by atoms with E-state index in [0.717, 1.165) is 24.2 Å². The quantitative estimate of drug-likeness (QED) is 0.745. The summed E-state index contributed by atoms with van der Waals surface area (Å²) in [5.41, 5.74) is 7.86. The van der Waals surface area contributed by atoms with Crippen LogP contribution < -0.4 is 5.73 Å². The van der Waals surface area contributed by atoms with Gasteiger partial charge in [0.15, 0.2) is 0 Å². The molecule has 0 radical (unpaired) electrons. The van der Waals surface area contributed by atoms with Crippen molar-refractivity contribution in [1.29, 1.82) is 0 Å². The third-order valence-corrected chi connectivity index (χ3v) is 1.99. The van der Waals surface area contributed by atoms with Gasteiger partial charge < -0.3 is 10.5 Å². The fourth-order valence-corrected chi connectivity index (χ4v) is 1.29. The number of hydrogen-bond acceptors (Lipinski definition) is 4. The van der Waals surface area contributed by atoms with Crippen LogP contribution in [0, 0.1) is 0 Å². The predicted molar refractivity (Wildman–Crippen MR) is 55.0 cm³/mol. The van der Waals surface area contributed by atoms with E-state index in [1.165, 1.54) is 0 Å². The topological polar surface area (TPSA) is 61.0 Å². The van der Waals surface area contributed by atoms with Gasteiger partial charge in [-0.15, -0.1) is 0 Å². The molecule has 1 unspecified atom stereocenters. The molecule has 0 amide bonds. The Bertz CT molecular complexity index is 278. The molecule has 0 saturated carbocycles. The minimum atomic E-state index is 0.0135. The van der Waals surface area contributed by atoms with E-state index in [-0.39, 0.29) is 6.04 Å². The maximum absolute atomic E-state index is 5.82. The Balaban J connectivity index is 2.57. The van der Waals surface area contributed by atoms with Crippen LogP contribution in [0.25, 0.3) is 0 Å². The van der Waals surface area contributed by atoms with Crippen LogP contribution in [-0.4, -0.2) is 29.7 Å². The lowest BCUT2D eigenvalue weighted by atomic mass is 10.1. The fraction of sp³-hybridized carbons (Fsp3) is 0.600. The SMILES string of the molecule is CCc1cc(CC(N)COC)ncn1. The number of aryl methyl sites for hydroxylation is 1. The maximum Gasteiger partial charge on any atom is 0.115 e. The van der Waals surface area contributed by atoms with E-state index in [1.54, 1.807) is 13.4 Å². The number of rotatable bonds is 5. The van der Waals surface area contributed by atoms with Crippen LogP contribution in [0.15, 0.2) is 12.4 Å². The largest absolute Gasteiger partial charge is 0.383 e. The van der Waals surface area contributed by atoms with Crippen molar-refractivity contribution in [2.75, 3.05) is 13.7 Å². The smallest absolute Gasteiger partial charge is 0.115 e. The van der Waals surface area contributed by atoms with Gasteiger partial charge in [0.2, 0.25) is 0 Å².